The minimum absolute atomic E-state index is 0.0737. The number of hydrogen-bond donors (Lipinski definition) is 2. The molecule has 0 aromatic heterocycles. The van der Waals surface area contributed by atoms with Crippen LogP contribution in [0.4, 0.5) is 0 Å². The molecule has 0 heterocycles. The lowest BCUT2D eigenvalue weighted by Gasteiger charge is -2.23. The van der Waals surface area contributed by atoms with Crippen LogP contribution in [0.5, 0.6) is 0 Å². The summed E-state index contributed by atoms with van der Waals surface area (Å²) < 4.78 is 22.6. The van der Waals surface area contributed by atoms with Crippen molar-refractivity contribution in [1.29, 1.82) is 0 Å². The van der Waals surface area contributed by atoms with Crippen molar-refractivity contribution in [1.82, 2.24) is 5.32 Å². The van der Waals surface area contributed by atoms with E-state index in [-0.39, 0.29) is 11.5 Å². The minimum atomic E-state index is -2.97. The number of hydrogen-bond acceptors (Lipinski definition) is 4. The van der Waals surface area contributed by atoms with Gasteiger partial charge in [-0.1, -0.05) is 13.8 Å². The van der Waals surface area contributed by atoms with Crippen molar-refractivity contribution in [2.45, 2.75) is 45.6 Å². The molecule has 4 nitrogen and oxygen atoms in total. The third-order valence-corrected chi connectivity index (χ3v) is 4.36. The van der Waals surface area contributed by atoms with Crippen molar-refractivity contribution < 1.29 is 13.5 Å². The molecule has 2 N–H and O–H groups in total. The first-order chi connectivity index (χ1) is 7.33. The van der Waals surface area contributed by atoms with E-state index in [1.165, 1.54) is 0 Å². The Morgan fingerprint density at radius 3 is 2.31 bits per heavy atom. The second-order valence-electron chi connectivity index (χ2n) is 4.48. The van der Waals surface area contributed by atoms with E-state index in [2.05, 4.69) is 12.2 Å². The van der Waals surface area contributed by atoms with Crippen molar-refractivity contribution in [3.05, 3.63) is 0 Å². The van der Waals surface area contributed by atoms with Crippen molar-refractivity contribution in [2.75, 3.05) is 24.6 Å². The highest BCUT2D eigenvalue weighted by atomic mass is 32.2. The largest absolute Gasteiger partial charge is 0.390 e. The Morgan fingerprint density at radius 1 is 1.19 bits per heavy atom. The fourth-order valence-electron chi connectivity index (χ4n) is 1.30. The summed E-state index contributed by atoms with van der Waals surface area (Å²) in [6.07, 6.45) is 1.97. The number of sulfone groups is 1. The van der Waals surface area contributed by atoms with E-state index in [1.807, 2.05) is 0 Å². The summed E-state index contributed by atoms with van der Waals surface area (Å²) in [5, 5.41) is 13.2. The molecular formula is C11H25NO3S. The van der Waals surface area contributed by atoms with Gasteiger partial charge in [0.1, 0.15) is 9.84 Å². The fraction of sp³-hybridized carbons (Fsp3) is 1.00. The summed E-state index contributed by atoms with van der Waals surface area (Å²) in [6.45, 7) is 7.08. The lowest BCUT2D eigenvalue weighted by Crippen LogP contribution is -2.32. The average Bonchev–Trinajstić information content (AvgIpc) is 2.22. The van der Waals surface area contributed by atoms with Crippen LogP contribution in [0.1, 0.15) is 40.0 Å². The monoisotopic (exact) mass is 251 g/mol. The Labute approximate surface area is 99.4 Å². The predicted octanol–water partition coefficient (Wildman–Crippen LogP) is 0.952. The van der Waals surface area contributed by atoms with Gasteiger partial charge in [-0.15, -0.1) is 0 Å². The van der Waals surface area contributed by atoms with Crippen molar-refractivity contribution in [3.8, 4) is 0 Å². The van der Waals surface area contributed by atoms with E-state index in [0.717, 1.165) is 19.5 Å². The SMILES string of the molecule is CCCNCCC(C)(O)CCS(=O)(=O)CC. The molecule has 5 heteroatoms. The first kappa shape index (κ1) is 15.9. The second kappa shape index (κ2) is 7.25. The number of rotatable bonds is 9. The van der Waals surface area contributed by atoms with Crippen LogP contribution in [0, 0.1) is 0 Å². The molecular weight excluding hydrogens is 226 g/mol. The molecule has 0 aliphatic heterocycles. The second-order valence-corrected chi connectivity index (χ2v) is 6.96. The van der Waals surface area contributed by atoms with Gasteiger partial charge < -0.3 is 10.4 Å². The first-order valence-electron chi connectivity index (χ1n) is 5.96. The molecule has 0 aromatic rings. The highest BCUT2D eigenvalue weighted by Gasteiger charge is 2.22. The standard InChI is InChI=1S/C11H25NO3S/c1-4-8-12-9-6-11(3,13)7-10-16(14,15)5-2/h12-13H,4-10H2,1-3H3. The molecule has 1 atom stereocenters. The Bertz CT molecular complexity index is 273. The number of aliphatic hydroxyl groups is 1. The van der Waals surface area contributed by atoms with Gasteiger partial charge in [0.05, 0.1) is 11.4 Å². The topological polar surface area (TPSA) is 66.4 Å². The van der Waals surface area contributed by atoms with Gasteiger partial charge in [0.25, 0.3) is 0 Å². The molecule has 98 valence electrons. The zero-order valence-electron chi connectivity index (χ0n) is 10.6. The summed E-state index contributed by atoms with van der Waals surface area (Å²) in [7, 11) is -2.97. The Balaban J connectivity index is 3.87. The minimum Gasteiger partial charge on any atom is -0.390 e. The van der Waals surface area contributed by atoms with Crippen LogP contribution in [-0.4, -0.2) is 43.7 Å². The number of nitrogens with one attached hydrogen (secondary N) is 1. The molecule has 16 heavy (non-hydrogen) atoms. The van der Waals surface area contributed by atoms with Gasteiger partial charge in [-0.05, 0) is 39.3 Å². The molecule has 0 radical (unpaired) electrons. The van der Waals surface area contributed by atoms with Crippen LogP contribution in [-0.2, 0) is 9.84 Å². The average molecular weight is 251 g/mol. The zero-order chi connectivity index (χ0) is 12.7. The quantitative estimate of drug-likeness (QED) is 0.599. The van der Waals surface area contributed by atoms with Crippen LogP contribution in [0.15, 0.2) is 0 Å². The highest BCUT2D eigenvalue weighted by Crippen LogP contribution is 2.15. The summed E-state index contributed by atoms with van der Waals surface area (Å²) in [5.74, 6) is 0.224. The van der Waals surface area contributed by atoms with Crippen LogP contribution in [0.25, 0.3) is 0 Å². The fourth-order valence-corrected chi connectivity index (χ4v) is 2.34. The van der Waals surface area contributed by atoms with Gasteiger partial charge in [-0.3, -0.25) is 0 Å². The van der Waals surface area contributed by atoms with E-state index in [1.54, 1.807) is 13.8 Å². The Kier molecular flexibility index (Phi) is 7.19. The van der Waals surface area contributed by atoms with E-state index in [9.17, 15) is 13.5 Å². The van der Waals surface area contributed by atoms with Gasteiger partial charge in [-0.25, -0.2) is 8.42 Å². The van der Waals surface area contributed by atoms with E-state index < -0.39 is 15.4 Å². The summed E-state index contributed by atoms with van der Waals surface area (Å²) >= 11 is 0. The van der Waals surface area contributed by atoms with E-state index in [4.69, 9.17) is 0 Å². The molecule has 0 saturated carbocycles. The Hall–Kier alpha value is -0.130. The predicted molar refractivity (Wildman–Crippen MR) is 67.3 cm³/mol. The molecule has 0 amide bonds. The van der Waals surface area contributed by atoms with Crippen molar-refractivity contribution in [2.24, 2.45) is 0 Å². The third-order valence-electron chi connectivity index (χ3n) is 2.66. The molecule has 0 rings (SSSR count). The third kappa shape index (κ3) is 8.07. The van der Waals surface area contributed by atoms with Crippen molar-refractivity contribution in [3.63, 3.8) is 0 Å². The van der Waals surface area contributed by atoms with Gasteiger partial charge >= 0.3 is 0 Å². The molecule has 0 fully saturated rings. The first-order valence-corrected chi connectivity index (χ1v) is 7.78. The van der Waals surface area contributed by atoms with E-state index in [0.29, 0.717) is 12.8 Å². The van der Waals surface area contributed by atoms with E-state index >= 15 is 0 Å². The molecule has 0 aromatic carbocycles. The van der Waals surface area contributed by atoms with Crippen LogP contribution < -0.4 is 5.32 Å². The van der Waals surface area contributed by atoms with Crippen LogP contribution >= 0.6 is 0 Å². The lowest BCUT2D eigenvalue weighted by atomic mass is 9.99. The maximum Gasteiger partial charge on any atom is 0.150 e. The summed E-state index contributed by atoms with van der Waals surface area (Å²) in [5.41, 5.74) is -0.886. The molecule has 0 bridgehead atoms. The van der Waals surface area contributed by atoms with Crippen LogP contribution in [0.3, 0.4) is 0 Å². The molecule has 0 spiro atoms. The van der Waals surface area contributed by atoms with Gasteiger partial charge in [-0.2, -0.15) is 0 Å². The normalized spacial score (nSPS) is 16.0. The maximum atomic E-state index is 11.3. The van der Waals surface area contributed by atoms with Gasteiger partial charge in [0.15, 0.2) is 0 Å². The molecule has 0 aliphatic rings. The van der Waals surface area contributed by atoms with Gasteiger partial charge in [0.2, 0.25) is 0 Å². The smallest absolute Gasteiger partial charge is 0.150 e. The maximum absolute atomic E-state index is 11.3. The molecule has 0 aliphatic carbocycles. The summed E-state index contributed by atoms with van der Waals surface area (Å²) in [6, 6.07) is 0. The van der Waals surface area contributed by atoms with Crippen molar-refractivity contribution >= 4 is 9.84 Å². The summed E-state index contributed by atoms with van der Waals surface area (Å²) in [4.78, 5) is 0. The Morgan fingerprint density at radius 2 is 1.81 bits per heavy atom. The van der Waals surface area contributed by atoms with Gasteiger partial charge in [0, 0.05) is 5.75 Å². The zero-order valence-corrected chi connectivity index (χ0v) is 11.4. The highest BCUT2D eigenvalue weighted by molar-refractivity contribution is 7.91. The lowest BCUT2D eigenvalue weighted by molar-refractivity contribution is 0.0481. The van der Waals surface area contributed by atoms with Crippen LogP contribution in [0.2, 0.25) is 0 Å². The molecule has 0 saturated heterocycles. The molecule has 1 unspecified atom stereocenters.